The van der Waals surface area contributed by atoms with Crippen LogP contribution >= 0.6 is 0 Å². The lowest BCUT2D eigenvalue weighted by atomic mass is 10.1. The van der Waals surface area contributed by atoms with Crippen LogP contribution in [-0.2, 0) is 22.6 Å². The highest BCUT2D eigenvalue weighted by molar-refractivity contribution is 5.78. The summed E-state index contributed by atoms with van der Waals surface area (Å²) >= 11 is 0. The van der Waals surface area contributed by atoms with E-state index in [4.69, 9.17) is 9.97 Å². The summed E-state index contributed by atoms with van der Waals surface area (Å²) < 4.78 is 0. The van der Waals surface area contributed by atoms with Crippen LogP contribution in [0.5, 0.6) is 0 Å². The summed E-state index contributed by atoms with van der Waals surface area (Å²) in [6.45, 7) is 2.71. The third kappa shape index (κ3) is 5.55. The van der Waals surface area contributed by atoms with Gasteiger partial charge in [0.2, 0.25) is 11.8 Å². The first kappa shape index (κ1) is 23.5. The van der Waals surface area contributed by atoms with Gasteiger partial charge in [-0.1, -0.05) is 12.1 Å². The van der Waals surface area contributed by atoms with Gasteiger partial charge in [0.15, 0.2) is 5.82 Å². The van der Waals surface area contributed by atoms with E-state index in [1.807, 2.05) is 73.2 Å². The predicted octanol–water partition coefficient (Wildman–Crippen LogP) is 2.49. The number of aromatic nitrogens is 2. The summed E-state index contributed by atoms with van der Waals surface area (Å²) in [5, 5.41) is 0. The molecule has 0 N–H and O–H groups in total. The second kappa shape index (κ2) is 9.97. The number of amides is 2. The molecular weight excluding hydrogens is 404 g/mol. The van der Waals surface area contributed by atoms with Gasteiger partial charge in [-0.25, -0.2) is 9.97 Å². The van der Waals surface area contributed by atoms with Gasteiger partial charge in [-0.3, -0.25) is 9.59 Å². The third-order valence-corrected chi connectivity index (χ3v) is 5.83. The molecular formula is C24H34N6O2. The average molecular weight is 439 g/mol. The molecule has 8 nitrogen and oxygen atoms in total. The van der Waals surface area contributed by atoms with Gasteiger partial charge in [0.25, 0.3) is 0 Å². The summed E-state index contributed by atoms with van der Waals surface area (Å²) in [7, 11) is 9.64. The Labute approximate surface area is 190 Å². The van der Waals surface area contributed by atoms with Gasteiger partial charge < -0.3 is 19.6 Å². The number of carbonyl (C=O) groups excluding carboxylic acids is 2. The lowest BCUT2D eigenvalue weighted by Gasteiger charge is -2.24. The van der Waals surface area contributed by atoms with E-state index < -0.39 is 0 Å². The molecule has 0 aliphatic carbocycles. The van der Waals surface area contributed by atoms with Crippen LogP contribution < -0.4 is 9.80 Å². The molecule has 1 aromatic heterocycles. The Morgan fingerprint density at radius 3 is 2.31 bits per heavy atom. The number of rotatable bonds is 7. The summed E-state index contributed by atoms with van der Waals surface area (Å²) in [6.07, 6.45) is 2.14. The van der Waals surface area contributed by atoms with Crippen molar-refractivity contribution >= 4 is 23.3 Å². The van der Waals surface area contributed by atoms with Gasteiger partial charge in [0, 0.05) is 60.5 Å². The molecule has 1 aromatic carbocycles. The van der Waals surface area contributed by atoms with E-state index in [1.54, 1.807) is 18.9 Å². The second-order valence-corrected chi connectivity index (χ2v) is 8.83. The third-order valence-electron chi connectivity index (χ3n) is 5.83. The highest BCUT2D eigenvalue weighted by atomic mass is 16.2. The minimum atomic E-state index is -0.109. The maximum Gasteiger partial charge on any atom is 0.227 e. The molecule has 2 amide bonds. The number of nitrogens with zero attached hydrogens (tertiary/aromatic N) is 6. The van der Waals surface area contributed by atoms with Crippen molar-refractivity contribution in [1.82, 2.24) is 19.8 Å². The van der Waals surface area contributed by atoms with Crippen molar-refractivity contribution in [2.75, 3.05) is 51.6 Å². The molecule has 0 saturated carbocycles. The van der Waals surface area contributed by atoms with Crippen LogP contribution in [0, 0.1) is 0 Å². The van der Waals surface area contributed by atoms with E-state index in [2.05, 4.69) is 0 Å². The average Bonchev–Trinajstić information content (AvgIpc) is 3.24. The number of likely N-dealkylation sites (tertiary alicyclic amines) is 1. The normalized spacial score (nSPS) is 15.6. The van der Waals surface area contributed by atoms with E-state index in [1.165, 1.54) is 0 Å². The molecule has 2 aromatic rings. The van der Waals surface area contributed by atoms with Gasteiger partial charge in [-0.2, -0.15) is 0 Å². The molecule has 1 saturated heterocycles. The number of benzene rings is 1. The van der Waals surface area contributed by atoms with Crippen LogP contribution in [0.1, 0.15) is 42.9 Å². The molecule has 0 bridgehead atoms. The molecule has 172 valence electrons. The molecule has 1 aliphatic rings. The number of hydrogen-bond acceptors (Lipinski definition) is 6. The Bertz CT molecular complexity index is 957. The molecule has 8 heteroatoms. The molecule has 32 heavy (non-hydrogen) atoms. The zero-order valence-corrected chi connectivity index (χ0v) is 20.0. The molecule has 3 rings (SSSR count). The summed E-state index contributed by atoms with van der Waals surface area (Å²) in [5.74, 6) is 1.50. The van der Waals surface area contributed by atoms with Crippen molar-refractivity contribution in [2.24, 2.45) is 0 Å². The quantitative estimate of drug-likeness (QED) is 0.661. The van der Waals surface area contributed by atoms with Gasteiger partial charge in [-0.15, -0.1) is 0 Å². The first-order chi connectivity index (χ1) is 15.2. The summed E-state index contributed by atoms with van der Waals surface area (Å²) in [4.78, 5) is 41.8. The van der Waals surface area contributed by atoms with Crippen LogP contribution in [0.2, 0.25) is 0 Å². The minimum Gasteiger partial charge on any atom is -0.378 e. The Morgan fingerprint density at radius 1 is 1.03 bits per heavy atom. The van der Waals surface area contributed by atoms with E-state index in [-0.39, 0.29) is 17.9 Å². The van der Waals surface area contributed by atoms with Crippen LogP contribution in [0.25, 0.3) is 0 Å². The SMILES string of the molecule is CC(=O)N1CCC[C@H]1c1nc(CN(C)C(=O)Cc2ccc(N(C)C)cc2)cc(N(C)C)n1. The van der Waals surface area contributed by atoms with Gasteiger partial charge in [-0.05, 0) is 30.5 Å². The Kier molecular flexibility index (Phi) is 7.33. The monoisotopic (exact) mass is 438 g/mol. The minimum absolute atomic E-state index is 0.0281. The van der Waals surface area contributed by atoms with Crippen molar-refractivity contribution in [3.05, 3.63) is 47.4 Å². The standard InChI is InChI=1S/C24H34N6O2/c1-17(31)30-13-7-8-21(30)24-25-19(15-22(26-24)28(4)5)16-29(6)23(32)14-18-9-11-20(12-10-18)27(2)3/h9-12,15,21H,7-8,13-14,16H2,1-6H3/t21-/m0/s1. The topological polar surface area (TPSA) is 72.9 Å². The van der Waals surface area contributed by atoms with Gasteiger partial charge in [0.05, 0.1) is 24.7 Å². The smallest absolute Gasteiger partial charge is 0.227 e. The lowest BCUT2D eigenvalue weighted by Crippen LogP contribution is -2.31. The molecule has 0 radical (unpaired) electrons. The summed E-state index contributed by atoms with van der Waals surface area (Å²) in [5.41, 5.74) is 2.85. The second-order valence-electron chi connectivity index (χ2n) is 8.83. The van der Waals surface area contributed by atoms with Crippen molar-refractivity contribution in [3.63, 3.8) is 0 Å². The fraction of sp³-hybridized carbons (Fsp3) is 0.500. The van der Waals surface area contributed by atoms with E-state index in [9.17, 15) is 9.59 Å². The number of hydrogen-bond donors (Lipinski definition) is 0. The van der Waals surface area contributed by atoms with Crippen molar-refractivity contribution in [2.45, 2.75) is 38.8 Å². The Morgan fingerprint density at radius 2 is 1.72 bits per heavy atom. The molecule has 1 atom stereocenters. The molecule has 0 unspecified atom stereocenters. The molecule has 2 heterocycles. The Hall–Kier alpha value is -3.16. The van der Waals surface area contributed by atoms with Gasteiger partial charge >= 0.3 is 0 Å². The molecule has 1 aliphatic heterocycles. The van der Waals surface area contributed by atoms with Crippen molar-refractivity contribution in [1.29, 1.82) is 0 Å². The molecule has 0 spiro atoms. The van der Waals surface area contributed by atoms with Crippen LogP contribution in [0.15, 0.2) is 30.3 Å². The summed E-state index contributed by atoms with van der Waals surface area (Å²) in [6, 6.07) is 9.82. The van der Waals surface area contributed by atoms with Crippen molar-refractivity contribution < 1.29 is 9.59 Å². The zero-order valence-electron chi connectivity index (χ0n) is 20.0. The number of likely N-dealkylation sites (N-methyl/N-ethyl adjacent to an activating group) is 1. The first-order valence-electron chi connectivity index (χ1n) is 11.0. The zero-order chi connectivity index (χ0) is 23.4. The van der Waals surface area contributed by atoms with Crippen LogP contribution in [0.3, 0.4) is 0 Å². The maximum absolute atomic E-state index is 12.8. The number of carbonyl (C=O) groups is 2. The van der Waals surface area contributed by atoms with Crippen LogP contribution in [0.4, 0.5) is 11.5 Å². The predicted molar refractivity (Wildman–Crippen MR) is 127 cm³/mol. The lowest BCUT2D eigenvalue weighted by molar-refractivity contribution is -0.130. The molecule has 1 fully saturated rings. The Balaban J connectivity index is 1.75. The largest absolute Gasteiger partial charge is 0.378 e. The fourth-order valence-corrected chi connectivity index (χ4v) is 3.93. The van der Waals surface area contributed by atoms with E-state index in [0.29, 0.717) is 18.8 Å². The first-order valence-corrected chi connectivity index (χ1v) is 11.0. The fourth-order valence-electron chi connectivity index (χ4n) is 3.93. The highest BCUT2D eigenvalue weighted by Crippen LogP contribution is 2.31. The van der Waals surface area contributed by atoms with Crippen molar-refractivity contribution in [3.8, 4) is 0 Å². The van der Waals surface area contributed by atoms with E-state index >= 15 is 0 Å². The maximum atomic E-state index is 12.8. The van der Waals surface area contributed by atoms with E-state index in [0.717, 1.165) is 42.1 Å². The highest BCUT2D eigenvalue weighted by Gasteiger charge is 2.31. The van der Waals surface area contributed by atoms with Crippen LogP contribution in [-0.4, -0.2) is 73.4 Å². The van der Waals surface area contributed by atoms with Gasteiger partial charge in [0.1, 0.15) is 5.82 Å². The number of anilines is 2.